The van der Waals surface area contributed by atoms with Gasteiger partial charge in [-0.15, -0.1) is 0 Å². The molecule has 0 aliphatic rings. The van der Waals surface area contributed by atoms with Crippen molar-refractivity contribution in [1.82, 2.24) is 0 Å². The maximum absolute atomic E-state index is 6.07. The highest BCUT2D eigenvalue weighted by Crippen LogP contribution is 2.20. The maximum Gasteiger partial charge on any atom is 0.0630 e. The van der Waals surface area contributed by atoms with E-state index in [0.717, 1.165) is 17.7 Å². The molecule has 0 N–H and O–H groups in total. The highest BCUT2D eigenvalue weighted by Gasteiger charge is 1.98. The molecule has 0 bridgehead atoms. The molecule has 0 heterocycles. The fraction of sp³-hybridized carbons (Fsp3) is 0.133. The number of aliphatic imine (C=N–C) groups is 1. The first-order chi connectivity index (χ1) is 8.69. The van der Waals surface area contributed by atoms with Gasteiger partial charge in [0.25, 0.3) is 0 Å². The Morgan fingerprint density at radius 2 is 1.78 bits per heavy atom. The average Bonchev–Trinajstić information content (AvgIpc) is 2.38. The van der Waals surface area contributed by atoms with Crippen molar-refractivity contribution in [2.45, 2.75) is 13.3 Å². The summed E-state index contributed by atoms with van der Waals surface area (Å²) in [5, 5.41) is 1.24. The van der Waals surface area contributed by atoms with Crippen LogP contribution in [0.25, 0.3) is 0 Å². The van der Waals surface area contributed by atoms with Gasteiger partial charge in [0.15, 0.2) is 0 Å². The fourth-order valence-corrected chi connectivity index (χ4v) is 2.03. The van der Waals surface area contributed by atoms with Crippen molar-refractivity contribution < 1.29 is 0 Å². The van der Waals surface area contributed by atoms with Crippen LogP contribution in [-0.2, 0) is 6.42 Å². The van der Waals surface area contributed by atoms with Crippen molar-refractivity contribution in [2.24, 2.45) is 4.99 Å². The highest BCUT2D eigenvalue weighted by atomic mass is 35.5. The van der Waals surface area contributed by atoms with Gasteiger partial charge in [0.2, 0.25) is 0 Å². The molecule has 0 aliphatic carbocycles. The topological polar surface area (TPSA) is 12.4 Å². The Morgan fingerprint density at radius 1 is 1.06 bits per heavy atom. The van der Waals surface area contributed by atoms with Crippen LogP contribution in [0.2, 0.25) is 10.0 Å². The molecular formula is C15H13Cl2N. The quantitative estimate of drug-likeness (QED) is 0.675. The molecule has 92 valence electrons. The van der Waals surface area contributed by atoms with Crippen molar-refractivity contribution in [3.63, 3.8) is 0 Å². The molecule has 18 heavy (non-hydrogen) atoms. The van der Waals surface area contributed by atoms with Gasteiger partial charge in [0.1, 0.15) is 0 Å². The molecule has 0 fully saturated rings. The lowest BCUT2D eigenvalue weighted by Gasteiger charge is -1.99. The van der Waals surface area contributed by atoms with Gasteiger partial charge < -0.3 is 0 Å². The summed E-state index contributed by atoms with van der Waals surface area (Å²) >= 11 is 11.9. The standard InChI is InChI=1S/C15H13Cl2N/c1-2-11-3-7-14(8-4-11)18-10-12-5-6-13(16)9-15(12)17/h3-10H,2H2,1H3. The van der Waals surface area contributed by atoms with E-state index in [9.17, 15) is 0 Å². The van der Waals surface area contributed by atoms with Crippen molar-refractivity contribution in [2.75, 3.05) is 0 Å². The number of halogens is 2. The number of hydrogen-bond acceptors (Lipinski definition) is 1. The van der Waals surface area contributed by atoms with Gasteiger partial charge in [-0.1, -0.05) is 48.3 Å². The Labute approximate surface area is 117 Å². The number of benzene rings is 2. The summed E-state index contributed by atoms with van der Waals surface area (Å²) in [5.74, 6) is 0. The molecule has 0 saturated heterocycles. The predicted octanol–water partition coefficient (Wildman–Crippen LogP) is 5.31. The monoisotopic (exact) mass is 277 g/mol. The maximum atomic E-state index is 6.07. The minimum absolute atomic E-state index is 0.608. The van der Waals surface area contributed by atoms with E-state index in [0.29, 0.717) is 10.0 Å². The molecule has 2 aromatic carbocycles. The molecule has 0 saturated carbocycles. The van der Waals surface area contributed by atoms with Crippen LogP contribution in [0, 0.1) is 0 Å². The molecule has 2 aromatic rings. The molecule has 2 rings (SSSR count). The predicted molar refractivity (Wildman–Crippen MR) is 79.5 cm³/mol. The third-order valence-electron chi connectivity index (χ3n) is 2.66. The lowest BCUT2D eigenvalue weighted by Crippen LogP contribution is -1.82. The second kappa shape index (κ2) is 6.03. The van der Waals surface area contributed by atoms with Gasteiger partial charge in [0, 0.05) is 16.8 Å². The molecule has 0 spiro atoms. The van der Waals surface area contributed by atoms with E-state index >= 15 is 0 Å². The van der Waals surface area contributed by atoms with Crippen LogP contribution in [0.1, 0.15) is 18.1 Å². The summed E-state index contributed by atoms with van der Waals surface area (Å²) in [7, 11) is 0. The third-order valence-corrected chi connectivity index (χ3v) is 3.22. The van der Waals surface area contributed by atoms with E-state index in [1.54, 1.807) is 18.3 Å². The summed E-state index contributed by atoms with van der Waals surface area (Å²) in [6, 6.07) is 13.5. The Kier molecular flexibility index (Phi) is 4.40. The normalized spacial score (nSPS) is 11.1. The van der Waals surface area contributed by atoms with Crippen LogP contribution >= 0.6 is 23.2 Å². The average molecular weight is 278 g/mol. The molecule has 0 radical (unpaired) electrons. The van der Waals surface area contributed by atoms with Crippen LogP contribution in [0.3, 0.4) is 0 Å². The summed E-state index contributed by atoms with van der Waals surface area (Å²) < 4.78 is 0. The lowest BCUT2D eigenvalue weighted by molar-refractivity contribution is 1.14. The molecular weight excluding hydrogens is 265 g/mol. The van der Waals surface area contributed by atoms with Crippen molar-refractivity contribution in [3.8, 4) is 0 Å². The van der Waals surface area contributed by atoms with Crippen LogP contribution in [0.5, 0.6) is 0 Å². The minimum atomic E-state index is 0.608. The Morgan fingerprint density at radius 3 is 2.39 bits per heavy atom. The van der Waals surface area contributed by atoms with E-state index in [4.69, 9.17) is 23.2 Å². The first-order valence-corrected chi connectivity index (χ1v) is 6.52. The van der Waals surface area contributed by atoms with E-state index in [1.807, 2.05) is 18.2 Å². The van der Waals surface area contributed by atoms with Gasteiger partial charge in [-0.05, 0) is 36.2 Å². The molecule has 0 aromatic heterocycles. The van der Waals surface area contributed by atoms with E-state index in [1.165, 1.54) is 5.56 Å². The Hall–Kier alpha value is -1.31. The van der Waals surface area contributed by atoms with Gasteiger partial charge >= 0.3 is 0 Å². The number of nitrogens with zero attached hydrogens (tertiary/aromatic N) is 1. The smallest absolute Gasteiger partial charge is 0.0630 e. The van der Waals surface area contributed by atoms with Gasteiger partial charge in [0.05, 0.1) is 10.7 Å². The fourth-order valence-electron chi connectivity index (χ4n) is 1.57. The summed E-state index contributed by atoms with van der Waals surface area (Å²) in [4.78, 5) is 4.39. The Bertz CT molecular complexity index is 559. The minimum Gasteiger partial charge on any atom is -0.256 e. The SMILES string of the molecule is CCc1ccc(N=Cc2ccc(Cl)cc2Cl)cc1. The molecule has 3 heteroatoms. The zero-order valence-electron chi connectivity index (χ0n) is 10.0. The third kappa shape index (κ3) is 3.34. The molecule has 0 atom stereocenters. The summed E-state index contributed by atoms with van der Waals surface area (Å²) in [6.45, 7) is 2.13. The Balaban J connectivity index is 2.19. The lowest BCUT2D eigenvalue weighted by atomic mass is 10.1. The van der Waals surface area contributed by atoms with Crippen molar-refractivity contribution >= 4 is 35.1 Å². The van der Waals surface area contributed by atoms with Crippen LogP contribution in [0.4, 0.5) is 5.69 Å². The van der Waals surface area contributed by atoms with Gasteiger partial charge in [-0.2, -0.15) is 0 Å². The number of aryl methyl sites for hydroxylation is 1. The van der Waals surface area contributed by atoms with E-state index in [-0.39, 0.29) is 0 Å². The zero-order valence-corrected chi connectivity index (χ0v) is 11.5. The van der Waals surface area contributed by atoms with E-state index < -0.39 is 0 Å². The van der Waals surface area contributed by atoms with Crippen LogP contribution in [0.15, 0.2) is 47.5 Å². The van der Waals surface area contributed by atoms with Gasteiger partial charge in [-0.3, -0.25) is 4.99 Å². The molecule has 0 aliphatic heterocycles. The number of rotatable bonds is 3. The number of hydrogen-bond donors (Lipinski definition) is 0. The van der Waals surface area contributed by atoms with Gasteiger partial charge in [-0.25, -0.2) is 0 Å². The molecule has 1 nitrogen and oxygen atoms in total. The summed E-state index contributed by atoms with van der Waals surface area (Å²) in [5.41, 5.74) is 3.08. The second-order valence-electron chi connectivity index (χ2n) is 3.94. The van der Waals surface area contributed by atoms with Crippen molar-refractivity contribution in [3.05, 3.63) is 63.6 Å². The zero-order chi connectivity index (χ0) is 13.0. The first-order valence-electron chi connectivity index (χ1n) is 5.77. The van der Waals surface area contributed by atoms with Crippen LogP contribution in [-0.4, -0.2) is 6.21 Å². The molecule has 0 unspecified atom stereocenters. The van der Waals surface area contributed by atoms with Crippen LogP contribution < -0.4 is 0 Å². The summed E-state index contributed by atoms with van der Waals surface area (Å²) in [6.07, 6.45) is 2.78. The van der Waals surface area contributed by atoms with Crippen molar-refractivity contribution in [1.29, 1.82) is 0 Å². The largest absolute Gasteiger partial charge is 0.256 e. The second-order valence-corrected chi connectivity index (χ2v) is 4.79. The van der Waals surface area contributed by atoms with E-state index in [2.05, 4.69) is 24.0 Å². The first kappa shape index (κ1) is 13.1. The molecule has 0 amide bonds. The highest BCUT2D eigenvalue weighted by molar-refractivity contribution is 6.36.